The molecular formula is C47H50Cl2F4N10O9. The fraction of sp³-hybridized carbons (Fsp3) is 0.383. The van der Waals surface area contributed by atoms with E-state index in [2.05, 4.69) is 20.8 Å². The molecule has 6 heterocycles. The number of nitrogens with zero attached hydrogens (tertiary/aromatic N) is 8. The number of hydrogen-bond donors (Lipinski definition) is 2. The van der Waals surface area contributed by atoms with Crippen LogP contribution < -0.4 is 25.2 Å². The van der Waals surface area contributed by atoms with E-state index in [0.717, 1.165) is 41.3 Å². The largest absolute Gasteiger partial charge is 0.444 e. The van der Waals surface area contributed by atoms with Crippen LogP contribution in [0.4, 0.5) is 54.7 Å². The Hall–Kier alpha value is -6.95. The van der Waals surface area contributed by atoms with E-state index in [9.17, 15) is 41.5 Å². The van der Waals surface area contributed by atoms with Gasteiger partial charge in [-0.25, -0.2) is 31.9 Å². The van der Waals surface area contributed by atoms with Gasteiger partial charge in [0.2, 0.25) is 0 Å². The lowest BCUT2D eigenvalue weighted by molar-refractivity contribution is -0.126. The van der Waals surface area contributed by atoms with Gasteiger partial charge in [0.05, 0.1) is 96.7 Å². The molecule has 4 aliphatic heterocycles. The van der Waals surface area contributed by atoms with Crippen LogP contribution in [-0.2, 0) is 50.0 Å². The van der Waals surface area contributed by atoms with Gasteiger partial charge in [0, 0.05) is 36.6 Å². The van der Waals surface area contributed by atoms with E-state index < -0.39 is 51.0 Å². The first-order valence-electron chi connectivity index (χ1n) is 22.4. The summed E-state index contributed by atoms with van der Waals surface area (Å²) in [6, 6.07) is 11.5. The van der Waals surface area contributed by atoms with Crippen LogP contribution in [0.5, 0.6) is 5.75 Å². The number of rotatable bonds is 5. The molecule has 0 unspecified atom stereocenters. The molecule has 3 aromatic carbocycles. The molecular weight excluding hydrogens is 995 g/mol. The minimum absolute atomic E-state index is 0.00210. The van der Waals surface area contributed by atoms with Crippen LogP contribution in [0.15, 0.2) is 67.0 Å². The normalized spacial score (nSPS) is 17.7. The Bertz CT molecular complexity index is 2790. The second-order valence-corrected chi connectivity index (χ2v) is 18.5. The zero-order chi connectivity index (χ0) is 52.0. The summed E-state index contributed by atoms with van der Waals surface area (Å²) in [6.45, 7) is 12.9. The van der Waals surface area contributed by atoms with E-state index in [1.165, 1.54) is 0 Å². The van der Waals surface area contributed by atoms with Crippen LogP contribution in [0.2, 0.25) is 10.0 Å². The number of para-hydroxylation sites is 1. The monoisotopic (exact) mass is 1040 g/mol. The van der Waals surface area contributed by atoms with E-state index in [-0.39, 0.29) is 61.1 Å². The van der Waals surface area contributed by atoms with Gasteiger partial charge in [0.15, 0.2) is 23.3 Å². The van der Waals surface area contributed by atoms with Gasteiger partial charge in [-0.05, 0) is 58.9 Å². The van der Waals surface area contributed by atoms with Gasteiger partial charge >= 0.3 is 18.2 Å². The number of amides is 6. The lowest BCUT2D eigenvalue weighted by atomic mass is 10.1. The third-order valence-corrected chi connectivity index (χ3v) is 11.8. The van der Waals surface area contributed by atoms with Crippen LogP contribution in [0.1, 0.15) is 46.0 Å². The number of anilines is 4. The quantitative estimate of drug-likeness (QED) is 0.127. The number of nitrogens with one attached hydrogen (secondary N) is 2. The van der Waals surface area contributed by atoms with Gasteiger partial charge in [-0.15, -0.1) is 0 Å². The second kappa shape index (κ2) is 22.6. The number of fused-ring (bicyclic) bond motifs is 2. The number of hydrogen-bond acceptors (Lipinski definition) is 11. The van der Waals surface area contributed by atoms with E-state index in [0.29, 0.717) is 57.4 Å². The highest BCUT2D eigenvalue weighted by atomic mass is 35.5. The van der Waals surface area contributed by atoms with Crippen LogP contribution in [0.3, 0.4) is 0 Å². The Kier molecular flexibility index (Phi) is 16.6. The molecule has 72 heavy (non-hydrogen) atoms. The van der Waals surface area contributed by atoms with Crippen LogP contribution in [0.25, 0.3) is 0 Å². The van der Waals surface area contributed by atoms with Crippen molar-refractivity contribution >= 4 is 76.0 Å². The van der Waals surface area contributed by atoms with Crippen molar-refractivity contribution in [1.82, 2.24) is 29.4 Å². The fourth-order valence-electron chi connectivity index (χ4n) is 7.80. The Morgan fingerprint density at radius 3 is 1.65 bits per heavy atom. The van der Waals surface area contributed by atoms with Gasteiger partial charge in [0.1, 0.15) is 24.6 Å². The molecule has 5 aromatic rings. The van der Waals surface area contributed by atoms with E-state index in [1.807, 2.05) is 39.3 Å². The summed E-state index contributed by atoms with van der Waals surface area (Å²) in [5, 5.41) is 12.7. The molecule has 25 heteroatoms. The van der Waals surface area contributed by atoms with Gasteiger partial charge in [0.25, 0.3) is 11.8 Å². The van der Waals surface area contributed by atoms with Crippen molar-refractivity contribution in [3.8, 4) is 5.75 Å². The molecule has 6 amide bonds. The topological polar surface area (TPSA) is 195 Å². The second-order valence-electron chi connectivity index (χ2n) is 17.7. The molecule has 384 valence electrons. The minimum Gasteiger partial charge on any atom is -0.444 e. The molecule has 2 saturated heterocycles. The van der Waals surface area contributed by atoms with Crippen molar-refractivity contribution in [2.24, 2.45) is 0 Å². The first-order valence-corrected chi connectivity index (χ1v) is 23.2. The van der Waals surface area contributed by atoms with Crippen molar-refractivity contribution in [1.29, 1.82) is 0 Å². The summed E-state index contributed by atoms with van der Waals surface area (Å²) in [4.78, 5) is 67.6. The average molecular weight is 1050 g/mol. The summed E-state index contributed by atoms with van der Waals surface area (Å²) < 4.78 is 77.4. The number of morpholine rings is 2. The van der Waals surface area contributed by atoms with Crippen molar-refractivity contribution in [3.63, 3.8) is 0 Å². The highest BCUT2D eigenvalue weighted by Gasteiger charge is 2.36. The minimum atomic E-state index is -1.17. The van der Waals surface area contributed by atoms with Gasteiger partial charge < -0.3 is 39.0 Å². The van der Waals surface area contributed by atoms with Gasteiger partial charge in [-0.2, -0.15) is 10.2 Å². The molecule has 0 bridgehead atoms. The number of carbonyl (C=O) groups excluding carboxylic acids is 5. The molecule has 0 spiro atoms. The maximum absolute atomic E-state index is 13.6. The first-order chi connectivity index (χ1) is 34.2. The highest BCUT2D eigenvalue weighted by Crippen LogP contribution is 2.31. The van der Waals surface area contributed by atoms with E-state index in [1.54, 1.807) is 67.0 Å². The number of ether oxygens (including phenoxy) is 4. The SMILES string of the molecule is C[C@H]1Cn2ncc(N3CCOCC3=O)c2CN1C(=O)Nc1cc(F)c(F)c(Cl)c1.C[C@H]1Cn2ncc(N3CCOCC3=O)c2CN1C(=O)OC(C)(C)C.O=C(Nc1cc(F)c(F)c(Cl)c1)Oc1ccccc1. The summed E-state index contributed by atoms with van der Waals surface area (Å²) in [5.74, 6) is -4.55. The molecule has 9 rings (SSSR count). The van der Waals surface area contributed by atoms with Crippen molar-refractivity contribution < 1.29 is 60.5 Å². The molecule has 4 aliphatic rings. The Morgan fingerprint density at radius 2 is 1.18 bits per heavy atom. The van der Waals surface area contributed by atoms with Gasteiger partial charge in [-0.1, -0.05) is 41.4 Å². The maximum Gasteiger partial charge on any atom is 0.417 e. The van der Waals surface area contributed by atoms with Crippen molar-refractivity contribution in [2.75, 3.05) is 60.0 Å². The molecule has 2 N–H and O–H groups in total. The van der Waals surface area contributed by atoms with Crippen molar-refractivity contribution in [2.45, 2.75) is 78.5 Å². The smallest absolute Gasteiger partial charge is 0.417 e. The maximum atomic E-state index is 13.6. The standard InChI is InChI=1S/C18H18ClF2N5O3.C16H24N4O4.C13H8ClF2NO2/c1-10-7-26-15(14(6-22-26)24-2-3-29-9-16(24)27)8-25(10)18(28)23-11-4-12(19)17(21)13(20)5-11;1-11-8-20-13(9-19(11)15(22)24-16(2,3)4)12(7-17-20)18-5-6-23-10-14(18)21;14-10-6-8(7-11(15)12(10)16)17-13(18)19-9-4-2-1-3-5-9/h4-6,10H,2-3,7-9H2,1H3,(H,23,28);7,11H,5-6,8-10H2,1-4H3;1-7H,(H,17,18)/t10-;11-;/m00./s1. The van der Waals surface area contributed by atoms with Crippen LogP contribution in [-0.4, -0.2) is 117 Å². The molecule has 2 atom stereocenters. The van der Waals surface area contributed by atoms with Crippen LogP contribution in [0, 0.1) is 23.3 Å². The lowest BCUT2D eigenvalue weighted by Gasteiger charge is -2.36. The molecule has 0 radical (unpaired) electrons. The Morgan fingerprint density at radius 1 is 0.708 bits per heavy atom. The number of carbonyl (C=O) groups is 5. The molecule has 2 fully saturated rings. The van der Waals surface area contributed by atoms with E-state index >= 15 is 0 Å². The molecule has 0 aliphatic carbocycles. The van der Waals surface area contributed by atoms with Crippen LogP contribution >= 0.6 is 23.2 Å². The first kappa shape index (κ1) is 52.9. The summed E-state index contributed by atoms with van der Waals surface area (Å²) in [7, 11) is 0. The Labute approximate surface area is 420 Å². The summed E-state index contributed by atoms with van der Waals surface area (Å²) in [5.41, 5.74) is 2.48. The van der Waals surface area contributed by atoms with Gasteiger partial charge in [-0.3, -0.25) is 29.2 Å². The number of aromatic nitrogens is 4. The Balaban J connectivity index is 0.000000162. The molecule has 0 saturated carbocycles. The zero-order valence-corrected chi connectivity index (χ0v) is 41.1. The number of benzene rings is 3. The predicted octanol–water partition coefficient (Wildman–Crippen LogP) is 8.23. The predicted molar refractivity (Wildman–Crippen MR) is 255 cm³/mol. The summed E-state index contributed by atoms with van der Waals surface area (Å²) >= 11 is 11.1. The number of urea groups is 1. The highest BCUT2D eigenvalue weighted by molar-refractivity contribution is 6.31. The third kappa shape index (κ3) is 12.7. The van der Waals surface area contributed by atoms with E-state index in [4.69, 9.17) is 42.1 Å². The lowest BCUT2D eigenvalue weighted by Crippen LogP contribution is -2.48. The third-order valence-electron chi connectivity index (χ3n) is 11.3. The fourth-order valence-corrected chi connectivity index (χ4v) is 8.21. The summed E-state index contributed by atoms with van der Waals surface area (Å²) in [6.07, 6.45) is 2.14. The number of halogens is 6. The molecule has 19 nitrogen and oxygen atoms in total. The van der Waals surface area contributed by atoms with Crippen molar-refractivity contribution in [3.05, 3.63) is 112 Å². The zero-order valence-electron chi connectivity index (χ0n) is 39.6. The average Bonchev–Trinajstić information content (AvgIpc) is 3.93. The molecule has 2 aromatic heterocycles.